The van der Waals surface area contributed by atoms with Gasteiger partial charge in [0.2, 0.25) is 0 Å². The average Bonchev–Trinajstić information content (AvgIpc) is 3.05. The van der Waals surface area contributed by atoms with Crippen molar-refractivity contribution in [3.8, 4) is 0 Å². The lowest BCUT2D eigenvalue weighted by Crippen LogP contribution is -2.38. The lowest BCUT2D eigenvalue weighted by atomic mass is 9.98. The van der Waals surface area contributed by atoms with Crippen molar-refractivity contribution >= 4 is 29.9 Å². The molecule has 0 aliphatic heterocycles. The first-order valence-corrected chi connectivity index (χ1v) is 9.83. The van der Waals surface area contributed by atoms with E-state index in [-0.39, 0.29) is 24.0 Å². The van der Waals surface area contributed by atoms with E-state index in [0.717, 1.165) is 57.3 Å². The zero-order chi connectivity index (χ0) is 17.7. The molecule has 2 N–H and O–H groups in total. The maximum Gasteiger partial charge on any atom is 0.190 e. The Kier molecular flexibility index (Phi) is 12.7. The maximum absolute atomic E-state index is 5.95. The zero-order valence-electron chi connectivity index (χ0n) is 16.4. The van der Waals surface area contributed by atoms with Crippen molar-refractivity contribution in [2.75, 3.05) is 26.7 Å². The molecule has 0 radical (unpaired) electrons. The lowest BCUT2D eigenvalue weighted by molar-refractivity contribution is 0.0277. The van der Waals surface area contributed by atoms with Gasteiger partial charge in [-0.05, 0) is 39.0 Å². The summed E-state index contributed by atoms with van der Waals surface area (Å²) in [6.45, 7) is 5.76. The predicted octanol–water partition coefficient (Wildman–Crippen LogP) is 3.49. The van der Waals surface area contributed by atoms with Crippen LogP contribution in [0.5, 0.6) is 0 Å². The number of nitrogens with zero attached hydrogens (tertiary/aromatic N) is 3. The van der Waals surface area contributed by atoms with Crippen LogP contribution < -0.4 is 10.6 Å². The second-order valence-electron chi connectivity index (χ2n) is 6.79. The summed E-state index contributed by atoms with van der Waals surface area (Å²) in [4.78, 5) is 8.52. The molecule has 0 saturated heterocycles. The third-order valence-corrected chi connectivity index (χ3v) is 4.78. The van der Waals surface area contributed by atoms with Crippen molar-refractivity contribution in [3.63, 3.8) is 0 Å². The van der Waals surface area contributed by atoms with Gasteiger partial charge in [-0.1, -0.05) is 19.3 Å². The molecule has 1 fully saturated rings. The quantitative estimate of drug-likeness (QED) is 0.235. The molecule has 1 aliphatic rings. The third-order valence-electron chi connectivity index (χ3n) is 4.78. The van der Waals surface area contributed by atoms with Crippen LogP contribution in [0.3, 0.4) is 0 Å². The van der Waals surface area contributed by atoms with E-state index in [1.54, 1.807) is 0 Å². The Bertz CT molecular complexity index is 500. The SMILES string of the molecule is CN=C(NCCCCn1ccnc1C)NCCCOC1CCCCC1.I. The Morgan fingerprint density at radius 2 is 1.92 bits per heavy atom. The molecular formula is C19H36IN5O. The summed E-state index contributed by atoms with van der Waals surface area (Å²) in [7, 11) is 1.82. The number of unbranched alkanes of at least 4 members (excludes halogenated alkanes) is 1. The summed E-state index contributed by atoms with van der Waals surface area (Å²) < 4.78 is 8.14. The number of hydrogen-bond donors (Lipinski definition) is 2. The molecule has 0 unspecified atom stereocenters. The number of nitrogens with one attached hydrogen (secondary N) is 2. The van der Waals surface area contributed by atoms with Gasteiger partial charge in [-0.2, -0.15) is 0 Å². The largest absolute Gasteiger partial charge is 0.378 e. The Balaban J connectivity index is 0.00000338. The number of imidazole rings is 1. The van der Waals surface area contributed by atoms with Crippen LogP contribution in [0.25, 0.3) is 0 Å². The molecule has 0 aromatic carbocycles. The first kappa shape index (κ1) is 23.2. The van der Waals surface area contributed by atoms with E-state index < -0.39 is 0 Å². The summed E-state index contributed by atoms with van der Waals surface area (Å²) in [5.74, 6) is 1.97. The van der Waals surface area contributed by atoms with Crippen molar-refractivity contribution in [2.45, 2.75) is 70.9 Å². The van der Waals surface area contributed by atoms with Crippen LogP contribution in [0.15, 0.2) is 17.4 Å². The number of aromatic nitrogens is 2. The third kappa shape index (κ3) is 9.21. The minimum absolute atomic E-state index is 0. The smallest absolute Gasteiger partial charge is 0.190 e. The Morgan fingerprint density at radius 1 is 1.19 bits per heavy atom. The molecule has 1 aromatic heterocycles. The molecule has 0 bridgehead atoms. The molecule has 0 spiro atoms. The summed E-state index contributed by atoms with van der Waals surface area (Å²) in [6, 6.07) is 0. The van der Waals surface area contributed by atoms with Crippen LogP contribution >= 0.6 is 24.0 Å². The molecule has 150 valence electrons. The highest BCUT2D eigenvalue weighted by Gasteiger charge is 2.12. The summed E-state index contributed by atoms with van der Waals surface area (Å²) in [5.41, 5.74) is 0. The molecule has 1 aliphatic carbocycles. The topological polar surface area (TPSA) is 63.5 Å². The fourth-order valence-corrected chi connectivity index (χ4v) is 3.24. The number of guanidine groups is 1. The number of ether oxygens (including phenoxy) is 1. The van der Waals surface area contributed by atoms with Gasteiger partial charge < -0.3 is 19.9 Å². The van der Waals surface area contributed by atoms with E-state index >= 15 is 0 Å². The van der Waals surface area contributed by atoms with E-state index in [9.17, 15) is 0 Å². The zero-order valence-corrected chi connectivity index (χ0v) is 18.7. The van der Waals surface area contributed by atoms with Crippen LogP contribution in [0.1, 0.15) is 57.2 Å². The van der Waals surface area contributed by atoms with Gasteiger partial charge in [-0.3, -0.25) is 4.99 Å². The molecular weight excluding hydrogens is 441 g/mol. The first-order chi connectivity index (χ1) is 12.3. The minimum Gasteiger partial charge on any atom is -0.378 e. The van der Waals surface area contributed by atoms with Crippen molar-refractivity contribution < 1.29 is 4.74 Å². The second-order valence-corrected chi connectivity index (χ2v) is 6.79. The van der Waals surface area contributed by atoms with Gasteiger partial charge in [0, 0.05) is 45.7 Å². The number of aryl methyl sites for hydroxylation is 2. The Labute approximate surface area is 175 Å². The van der Waals surface area contributed by atoms with Crippen molar-refractivity contribution in [1.29, 1.82) is 0 Å². The fraction of sp³-hybridized carbons (Fsp3) is 0.789. The van der Waals surface area contributed by atoms with E-state index in [0.29, 0.717) is 6.10 Å². The number of aliphatic imine (C=N–C) groups is 1. The van der Waals surface area contributed by atoms with Gasteiger partial charge in [-0.15, -0.1) is 24.0 Å². The Morgan fingerprint density at radius 3 is 2.58 bits per heavy atom. The molecule has 6 nitrogen and oxygen atoms in total. The predicted molar refractivity (Wildman–Crippen MR) is 118 cm³/mol. The molecule has 0 amide bonds. The maximum atomic E-state index is 5.95. The van der Waals surface area contributed by atoms with Crippen LogP contribution in [-0.4, -0.2) is 48.4 Å². The molecule has 0 atom stereocenters. The van der Waals surface area contributed by atoms with Crippen molar-refractivity contribution in [2.24, 2.45) is 4.99 Å². The summed E-state index contributed by atoms with van der Waals surface area (Å²) in [6.07, 6.45) is 14.2. The molecule has 7 heteroatoms. The van der Waals surface area contributed by atoms with Crippen LogP contribution in [0.4, 0.5) is 0 Å². The van der Waals surface area contributed by atoms with Gasteiger partial charge in [-0.25, -0.2) is 4.98 Å². The second kappa shape index (κ2) is 14.3. The molecule has 1 aromatic rings. The van der Waals surface area contributed by atoms with Crippen LogP contribution in [0, 0.1) is 6.92 Å². The highest BCUT2D eigenvalue weighted by Crippen LogP contribution is 2.20. The number of rotatable bonds is 10. The Hall–Kier alpha value is -0.830. The van der Waals surface area contributed by atoms with E-state index in [4.69, 9.17) is 4.74 Å². The van der Waals surface area contributed by atoms with Gasteiger partial charge in [0.15, 0.2) is 5.96 Å². The van der Waals surface area contributed by atoms with E-state index in [1.807, 2.05) is 26.4 Å². The number of halogens is 1. The monoisotopic (exact) mass is 477 g/mol. The molecule has 26 heavy (non-hydrogen) atoms. The van der Waals surface area contributed by atoms with Gasteiger partial charge >= 0.3 is 0 Å². The summed E-state index contributed by atoms with van der Waals surface area (Å²) in [5, 5.41) is 6.74. The lowest BCUT2D eigenvalue weighted by Gasteiger charge is -2.22. The highest BCUT2D eigenvalue weighted by molar-refractivity contribution is 14.0. The standard InChI is InChI=1S/C19H35N5O.HI/c1-17-21-13-15-24(17)14-7-6-11-22-19(20-2)23-12-8-16-25-18-9-4-3-5-10-18;/h13,15,18H,3-12,14,16H2,1-2H3,(H2,20,22,23);1H. The van der Waals surface area contributed by atoms with Gasteiger partial charge in [0.1, 0.15) is 5.82 Å². The summed E-state index contributed by atoms with van der Waals surface area (Å²) >= 11 is 0. The average molecular weight is 477 g/mol. The normalized spacial score (nSPS) is 15.5. The fourth-order valence-electron chi connectivity index (χ4n) is 3.24. The molecule has 1 heterocycles. The van der Waals surface area contributed by atoms with Crippen LogP contribution in [-0.2, 0) is 11.3 Å². The van der Waals surface area contributed by atoms with Gasteiger partial charge in [0.05, 0.1) is 6.10 Å². The van der Waals surface area contributed by atoms with Crippen molar-refractivity contribution in [1.82, 2.24) is 20.2 Å². The highest BCUT2D eigenvalue weighted by atomic mass is 127. The first-order valence-electron chi connectivity index (χ1n) is 9.83. The minimum atomic E-state index is 0. The molecule has 1 saturated carbocycles. The number of hydrogen-bond acceptors (Lipinski definition) is 3. The van der Waals surface area contributed by atoms with Gasteiger partial charge in [0.25, 0.3) is 0 Å². The van der Waals surface area contributed by atoms with E-state index in [1.165, 1.54) is 32.1 Å². The molecule has 2 rings (SSSR count). The van der Waals surface area contributed by atoms with Crippen molar-refractivity contribution in [3.05, 3.63) is 18.2 Å². The van der Waals surface area contributed by atoms with E-state index in [2.05, 4.69) is 25.2 Å². The van der Waals surface area contributed by atoms with Crippen LogP contribution in [0.2, 0.25) is 0 Å².